The van der Waals surface area contributed by atoms with Gasteiger partial charge in [-0.2, -0.15) is 4.72 Å². The van der Waals surface area contributed by atoms with E-state index in [1.54, 1.807) is 12.1 Å². The van der Waals surface area contributed by atoms with Crippen molar-refractivity contribution in [3.05, 3.63) is 29.3 Å². The first-order valence-corrected chi connectivity index (χ1v) is 9.09. The zero-order valence-electron chi connectivity index (χ0n) is 13.3. The minimum Gasteiger partial charge on any atom is -0.468 e. The lowest BCUT2D eigenvalue weighted by Crippen LogP contribution is -2.45. The van der Waals surface area contributed by atoms with Crippen molar-refractivity contribution >= 4 is 16.0 Å². The van der Waals surface area contributed by atoms with Gasteiger partial charge in [0.15, 0.2) is 0 Å². The molecule has 1 aromatic rings. The molecule has 2 atom stereocenters. The van der Waals surface area contributed by atoms with Crippen LogP contribution < -0.4 is 4.72 Å². The number of benzene rings is 1. The van der Waals surface area contributed by atoms with E-state index in [1.165, 1.54) is 12.7 Å². The third kappa shape index (κ3) is 3.50. The fourth-order valence-corrected chi connectivity index (χ4v) is 4.05. The Kier molecular flexibility index (Phi) is 5.24. The van der Waals surface area contributed by atoms with Gasteiger partial charge in [0.2, 0.25) is 10.0 Å². The van der Waals surface area contributed by atoms with Crippen LogP contribution in [0.5, 0.6) is 0 Å². The number of aryl methyl sites for hydroxylation is 2. The maximum absolute atomic E-state index is 12.6. The van der Waals surface area contributed by atoms with Crippen LogP contribution in [0.3, 0.4) is 0 Å². The second-order valence-corrected chi connectivity index (χ2v) is 7.51. The predicted octanol–water partition coefficient (Wildman–Crippen LogP) is 2.04. The molecule has 22 heavy (non-hydrogen) atoms. The SMILES string of the molecule is CC[C@H](C)[C@H](NS(=O)(=O)c1ccc2c(c1)CCC2)C(=O)OC. The normalized spacial score (nSPS) is 16.9. The number of sulfonamides is 1. The van der Waals surface area contributed by atoms with Gasteiger partial charge in [-0.3, -0.25) is 4.79 Å². The van der Waals surface area contributed by atoms with Gasteiger partial charge in [0.05, 0.1) is 12.0 Å². The Morgan fingerprint density at radius 2 is 2.00 bits per heavy atom. The Hall–Kier alpha value is -1.40. The molecule has 0 saturated heterocycles. The molecule has 0 saturated carbocycles. The summed E-state index contributed by atoms with van der Waals surface area (Å²) in [7, 11) is -2.48. The molecule has 0 fully saturated rings. The summed E-state index contributed by atoms with van der Waals surface area (Å²) < 4.78 is 32.4. The van der Waals surface area contributed by atoms with E-state index >= 15 is 0 Å². The smallest absolute Gasteiger partial charge is 0.324 e. The van der Waals surface area contributed by atoms with Crippen molar-refractivity contribution < 1.29 is 17.9 Å². The average molecular weight is 325 g/mol. The van der Waals surface area contributed by atoms with Crippen LogP contribution in [-0.4, -0.2) is 27.5 Å². The van der Waals surface area contributed by atoms with Crippen LogP contribution in [-0.2, 0) is 32.4 Å². The van der Waals surface area contributed by atoms with E-state index < -0.39 is 22.0 Å². The van der Waals surface area contributed by atoms with Crippen molar-refractivity contribution in [2.45, 2.75) is 50.5 Å². The van der Waals surface area contributed by atoms with E-state index in [9.17, 15) is 13.2 Å². The van der Waals surface area contributed by atoms with Gasteiger partial charge < -0.3 is 4.74 Å². The van der Waals surface area contributed by atoms with Crippen molar-refractivity contribution in [2.24, 2.45) is 5.92 Å². The Balaban J connectivity index is 2.27. The van der Waals surface area contributed by atoms with Gasteiger partial charge in [-0.15, -0.1) is 0 Å². The van der Waals surface area contributed by atoms with E-state index in [0.29, 0.717) is 6.42 Å². The number of methoxy groups -OCH3 is 1. The zero-order valence-corrected chi connectivity index (χ0v) is 14.1. The zero-order chi connectivity index (χ0) is 16.3. The topological polar surface area (TPSA) is 72.5 Å². The number of hydrogen-bond acceptors (Lipinski definition) is 4. The molecule has 5 nitrogen and oxygen atoms in total. The standard InChI is InChI=1S/C16H23NO4S/c1-4-11(2)15(16(18)21-3)17-22(19,20)14-9-8-12-6-5-7-13(12)10-14/h8-11,15,17H,4-7H2,1-3H3/t11-,15-/m0/s1. The van der Waals surface area contributed by atoms with Gasteiger partial charge in [0.25, 0.3) is 0 Å². The fourth-order valence-electron chi connectivity index (χ4n) is 2.71. The van der Waals surface area contributed by atoms with Crippen LogP contribution in [0, 0.1) is 5.92 Å². The maximum atomic E-state index is 12.6. The number of hydrogen-bond donors (Lipinski definition) is 1. The summed E-state index contributed by atoms with van der Waals surface area (Å²) in [4.78, 5) is 12.1. The highest BCUT2D eigenvalue weighted by molar-refractivity contribution is 7.89. The summed E-state index contributed by atoms with van der Waals surface area (Å²) in [6.07, 6.45) is 3.64. The first kappa shape index (κ1) is 17.0. The Morgan fingerprint density at radius 1 is 1.32 bits per heavy atom. The van der Waals surface area contributed by atoms with Gasteiger partial charge in [-0.1, -0.05) is 26.3 Å². The fraction of sp³-hybridized carbons (Fsp3) is 0.562. The van der Waals surface area contributed by atoms with Crippen LogP contribution in [0.1, 0.15) is 37.8 Å². The summed E-state index contributed by atoms with van der Waals surface area (Å²) in [5.74, 6) is -0.698. The number of fused-ring (bicyclic) bond motifs is 1. The van der Waals surface area contributed by atoms with Crippen molar-refractivity contribution in [3.8, 4) is 0 Å². The molecule has 0 spiro atoms. The molecule has 1 aliphatic rings. The van der Waals surface area contributed by atoms with Crippen molar-refractivity contribution in [1.82, 2.24) is 4.72 Å². The van der Waals surface area contributed by atoms with Crippen LogP contribution in [0.25, 0.3) is 0 Å². The summed E-state index contributed by atoms with van der Waals surface area (Å²) >= 11 is 0. The molecule has 1 N–H and O–H groups in total. The molecule has 0 bridgehead atoms. The monoisotopic (exact) mass is 325 g/mol. The van der Waals surface area contributed by atoms with Gasteiger partial charge in [-0.05, 0) is 48.4 Å². The molecule has 0 aromatic heterocycles. The molecule has 0 amide bonds. The molecule has 0 aliphatic heterocycles. The molecule has 122 valence electrons. The lowest BCUT2D eigenvalue weighted by Gasteiger charge is -2.21. The lowest BCUT2D eigenvalue weighted by atomic mass is 10.0. The van der Waals surface area contributed by atoms with Crippen LogP contribution in [0.2, 0.25) is 0 Å². The molecule has 1 aliphatic carbocycles. The lowest BCUT2D eigenvalue weighted by molar-refractivity contribution is -0.143. The first-order valence-electron chi connectivity index (χ1n) is 7.61. The highest BCUT2D eigenvalue weighted by atomic mass is 32.2. The van der Waals surface area contributed by atoms with Crippen molar-refractivity contribution in [2.75, 3.05) is 7.11 Å². The van der Waals surface area contributed by atoms with Crippen LogP contribution in [0.4, 0.5) is 0 Å². The van der Waals surface area contributed by atoms with Gasteiger partial charge >= 0.3 is 5.97 Å². The third-order valence-corrected chi connectivity index (χ3v) is 5.77. The molecular formula is C16H23NO4S. The Morgan fingerprint density at radius 3 is 2.64 bits per heavy atom. The van der Waals surface area contributed by atoms with E-state index in [4.69, 9.17) is 4.74 Å². The summed E-state index contributed by atoms with van der Waals surface area (Å²) in [6, 6.07) is 4.33. The highest BCUT2D eigenvalue weighted by Gasteiger charge is 2.30. The van der Waals surface area contributed by atoms with E-state index in [-0.39, 0.29) is 10.8 Å². The van der Waals surface area contributed by atoms with E-state index in [2.05, 4.69) is 4.72 Å². The Bertz CT molecular complexity index is 654. The predicted molar refractivity (Wildman–Crippen MR) is 84.0 cm³/mol. The summed E-state index contributed by atoms with van der Waals surface area (Å²) in [5, 5.41) is 0. The van der Waals surface area contributed by atoms with E-state index in [0.717, 1.165) is 24.8 Å². The number of esters is 1. The van der Waals surface area contributed by atoms with Crippen molar-refractivity contribution in [3.63, 3.8) is 0 Å². The Labute approximate surface area is 132 Å². The molecule has 0 heterocycles. The molecule has 1 aromatic carbocycles. The maximum Gasteiger partial charge on any atom is 0.324 e. The largest absolute Gasteiger partial charge is 0.468 e. The molecule has 0 radical (unpaired) electrons. The van der Waals surface area contributed by atoms with Gasteiger partial charge in [0, 0.05) is 0 Å². The van der Waals surface area contributed by atoms with Crippen LogP contribution >= 0.6 is 0 Å². The van der Waals surface area contributed by atoms with Crippen LogP contribution in [0.15, 0.2) is 23.1 Å². The van der Waals surface area contributed by atoms with Gasteiger partial charge in [0.1, 0.15) is 6.04 Å². The third-order valence-electron chi connectivity index (χ3n) is 4.33. The number of carbonyl (C=O) groups is 1. The molecule has 0 unspecified atom stereocenters. The number of rotatable bonds is 6. The minimum atomic E-state index is -3.74. The number of nitrogens with one attached hydrogen (secondary N) is 1. The second kappa shape index (κ2) is 6.79. The highest BCUT2D eigenvalue weighted by Crippen LogP contribution is 2.25. The number of carbonyl (C=O) groups excluding carboxylic acids is 1. The van der Waals surface area contributed by atoms with E-state index in [1.807, 2.05) is 19.9 Å². The summed E-state index contributed by atoms with van der Waals surface area (Å²) in [5.41, 5.74) is 2.30. The second-order valence-electron chi connectivity index (χ2n) is 5.79. The molecular weight excluding hydrogens is 302 g/mol. The average Bonchev–Trinajstić information content (AvgIpc) is 2.98. The molecule has 2 rings (SSSR count). The summed E-state index contributed by atoms with van der Waals surface area (Å²) in [6.45, 7) is 3.73. The van der Waals surface area contributed by atoms with Gasteiger partial charge in [-0.25, -0.2) is 8.42 Å². The quantitative estimate of drug-likeness (QED) is 0.813. The van der Waals surface area contributed by atoms with Crippen molar-refractivity contribution in [1.29, 1.82) is 0 Å². The number of ether oxygens (including phenoxy) is 1. The first-order chi connectivity index (χ1) is 10.4. The minimum absolute atomic E-state index is 0.142. The molecule has 6 heteroatoms.